The lowest BCUT2D eigenvalue weighted by Gasteiger charge is -2.12. The Morgan fingerprint density at radius 2 is 2.21 bits per heavy atom. The fraction of sp³-hybridized carbons (Fsp3) is 0.462. The maximum Gasteiger partial charge on any atom is 0.315 e. The first-order valence-electron chi connectivity index (χ1n) is 6.23. The third-order valence-electron chi connectivity index (χ3n) is 2.79. The molecule has 0 aliphatic carbocycles. The molecule has 3 N–H and O–H groups in total. The van der Waals surface area contributed by atoms with Gasteiger partial charge in [-0.1, -0.05) is 6.07 Å². The van der Waals surface area contributed by atoms with E-state index in [-0.39, 0.29) is 25.5 Å². The summed E-state index contributed by atoms with van der Waals surface area (Å²) in [5, 5.41) is 14.2. The van der Waals surface area contributed by atoms with E-state index in [9.17, 15) is 4.79 Å². The van der Waals surface area contributed by atoms with Crippen LogP contribution in [-0.4, -0.2) is 37.1 Å². The van der Waals surface area contributed by atoms with E-state index < -0.39 is 0 Å². The number of hydrogen-bond donors (Lipinski definition) is 3. The Morgan fingerprint density at radius 1 is 1.42 bits per heavy atom. The second kappa shape index (κ2) is 6.29. The zero-order chi connectivity index (χ0) is 13.7. The highest BCUT2D eigenvalue weighted by Crippen LogP contribution is 2.32. The van der Waals surface area contributed by atoms with Crippen LogP contribution in [0.3, 0.4) is 0 Å². The number of carbonyl (C=O) groups excluding carboxylic acids is 1. The number of rotatable bonds is 5. The van der Waals surface area contributed by atoms with Gasteiger partial charge < -0.3 is 25.2 Å². The minimum atomic E-state index is -0.276. The number of carbonyl (C=O) groups is 1. The fourth-order valence-corrected chi connectivity index (χ4v) is 1.74. The third kappa shape index (κ3) is 3.75. The average Bonchev–Trinajstić information content (AvgIpc) is 2.86. The Bertz CT molecular complexity index is 450. The maximum absolute atomic E-state index is 11.4. The first-order valence-corrected chi connectivity index (χ1v) is 6.23. The smallest absolute Gasteiger partial charge is 0.315 e. The van der Waals surface area contributed by atoms with E-state index in [2.05, 4.69) is 10.6 Å². The third-order valence-corrected chi connectivity index (χ3v) is 2.79. The minimum absolute atomic E-state index is 0.0738. The van der Waals surface area contributed by atoms with Gasteiger partial charge in [-0.15, -0.1) is 0 Å². The van der Waals surface area contributed by atoms with Crippen molar-refractivity contribution in [2.75, 3.05) is 19.9 Å². The summed E-state index contributed by atoms with van der Waals surface area (Å²) in [6.45, 7) is 2.44. The monoisotopic (exact) mass is 266 g/mol. The number of amides is 2. The Balaban J connectivity index is 1.75. The van der Waals surface area contributed by atoms with Gasteiger partial charge in [0.1, 0.15) is 0 Å². The lowest BCUT2D eigenvalue weighted by atomic mass is 10.1. The molecule has 2 rings (SSSR count). The molecule has 1 atom stereocenters. The van der Waals surface area contributed by atoms with Crippen LogP contribution in [0.1, 0.15) is 12.5 Å². The lowest BCUT2D eigenvalue weighted by Crippen LogP contribution is -2.42. The van der Waals surface area contributed by atoms with Gasteiger partial charge >= 0.3 is 6.03 Å². The molecule has 6 heteroatoms. The van der Waals surface area contributed by atoms with Gasteiger partial charge in [0.05, 0.1) is 12.6 Å². The predicted octanol–water partition coefficient (Wildman–Crippen LogP) is 0.638. The summed E-state index contributed by atoms with van der Waals surface area (Å²) in [6, 6.07) is 5.21. The van der Waals surface area contributed by atoms with Gasteiger partial charge in [-0.05, 0) is 31.0 Å². The van der Waals surface area contributed by atoms with E-state index in [1.165, 1.54) is 0 Å². The Morgan fingerprint density at radius 3 is 3.00 bits per heavy atom. The number of aliphatic hydroxyl groups is 1. The summed E-state index contributed by atoms with van der Waals surface area (Å²) in [6.07, 6.45) is 0.706. The molecule has 0 unspecified atom stereocenters. The molecule has 1 aromatic carbocycles. The van der Waals surface area contributed by atoms with Gasteiger partial charge in [0.15, 0.2) is 11.5 Å². The number of ether oxygens (including phenoxy) is 2. The number of fused-ring (bicyclic) bond motifs is 1. The van der Waals surface area contributed by atoms with Crippen molar-refractivity contribution in [2.45, 2.75) is 19.4 Å². The van der Waals surface area contributed by atoms with Crippen molar-refractivity contribution < 1.29 is 19.4 Å². The normalized spacial score (nSPS) is 14.0. The van der Waals surface area contributed by atoms with E-state index in [4.69, 9.17) is 14.6 Å². The largest absolute Gasteiger partial charge is 0.454 e. The fourth-order valence-electron chi connectivity index (χ4n) is 1.74. The molecule has 19 heavy (non-hydrogen) atoms. The summed E-state index contributed by atoms with van der Waals surface area (Å²) in [4.78, 5) is 11.4. The first kappa shape index (κ1) is 13.5. The molecule has 0 saturated carbocycles. The van der Waals surface area contributed by atoms with Crippen molar-refractivity contribution in [2.24, 2.45) is 0 Å². The van der Waals surface area contributed by atoms with Crippen LogP contribution in [-0.2, 0) is 6.42 Å². The molecule has 0 saturated heterocycles. The van der Waals surface area contributed by atoms with Gasteiger partial charge in [0.25, 0.3) is 0 Å². The molecule has 0 bridgehead atoms. The topological polar surface area (TPSA) is 79.8 Å². The van der Waals surface area contributed by atoms with Crippen molar-refractivity contribution in [1.29, 1.82) is 0 Å². The number of hydrogen-bond acceptors (Lipinski definition) is 4. The summed E-state index contributed by atoms with van der Waals surface area (Å²) in [5.41, 5.74) is 1.07. The molecule has 104 valence electrons. The highest BCUT2D eigenvalue weighted by molar-refractivity contribution is 5.74. The van der Waals surface area contributed by atoms with Crippen LogP contribution in [0, 0.1) is 0 Å². The summed E-state index contributed by atoms with van der Waals surface area (Å²) in [7, 11) is 0. The standard InChI is InChI=1S/C13H18N2O4/c1-9(7-16)15-13(17)14-5-4-10-2-3-11-12(6-10)19-8-18-11/h2-3,6,9,16H,4-5,7-8H2,1H3,(H2,14,15,17)/t9-/m1/s1. The Hall–Kier alpha value is -1.95. The first-order chi connectivity index (χ1) is 9.19. The highest BCUT2D eigenvalue weighted by atomic mass is 16.7. The lowest BCUT2D eigenvalue weighted by molar-refractivity contribution is 0.174. The van der Waals surface area contributed by atoms with E-state index in [1.54, 1.807) is 6.92 Å². The molecule has 0 aromatic heterocycles. The van der Waals surface area contributed by atoms with Crippen LogP contribution in [0.5, 0.6) is 11.5 Å². The van der Waals surface area contributed by atoms with E-state index in [0.29, 0.717) is 13.0 Å². The molecule has 6 nitrogen and oxygen atoms in total. The van der Waals surface area contributed by atoms with E-state index in [1.807, 2.05) is 18.2 Å². The van der Waals surface area contributed by atoms with Crippen molar-refractivity contribution in [3.05, 3.63) is 23.8 Å². The highest BCUT2D eigenvalue weighted by Gasteiger charge is 2.13. The zero-order valence-corrected chi connectivity index (χ0v) is 10.8. The Kier molecular flexibility index (Phi) is 4.46. The predicted molar refractivity (Wildman–Crippen MR) is 69.4 cm³/mol. The van der Waals surface area contributed by atoms with Gasteiger partial charge in [0, 0.05) is 6.54 Å². The number of nitrogens with one attached hydrogen (secondary N) is 2. The Labute approximate surface area is 111 Å². The molecule has 0 fully saturated rings. The molecule has 2 amide bonds. The average molecular weight is 266 g/mol. The van der Waals surface area contributed by atoms with Crippen LogP contribution >= 0.6 is 0 Å². The molecule has 1 aliphatic rings. The van der Waals surface area contributed by atoms with Crippen LogP contribution in [0.15, 0.2) is 18.2 Å². The van der Waals surface area contributed by atoms with Crippen molar-refractivity contribution in [1.82, 2.24) is 10.6 Å². The summed E-state index contributed by atoms with van der Waals surface area (Å²) >= 11 is 0. The summed E-state index contributed by atoms with van der Waals surface area (Å²) < 4.78 is 10.5. The molecule has 1 aromatic rings. The number of benzene rings is 1. The molecule has 0 radical (unpaired) electrons. The van der Waals surface area contributed by atoms with E-state index in [0.717, 1.165) is 17.1 Å². The maximum atomic E-state index is 11.4. The number of urea groups is 1. The molecule has 1 heterocycles. The minimum Gasteiger partial charge on any atom is -0.454 e. The van der Waals surface area contributed by atoms with E-state index >= 15 is 0 Å². The van der Waals surface area contributed by atoms with Crippen LogP contribution < -0.4 is 20.1 Å². The van der Waals surface area contributed by atoms with Crippen molar-refractivity contribution in [3.8, 4) is 11.5 Å². The van der Waals surface area contributed by atoms with Gasteiger partial charge in [0.2, 0.25) is 6.79 Å². The molecule has 0 spiro atoms. The van der Waals surface area contributed by atoms with Gasteiger partial charge in [-0.2, -0.15) is 0 Å². The quantitative estimate of drug-likeness (QED) is 0.730. The molecular weight excluding hydrogens is 248 g/mol. The zero-order valence-electron chi connectivity index (χ0n) is 10.8. The van der Waals surface area contributed by atoms with Crippen molar-refractivity contribution in [3.63, 3.8) is 0 Å². The second-order valence-electron chi connectivity index (χ2n) is 4.42. The number of aliphatic hydroxyl groups excluding tert-OH is 1. The molecular formula is C13H18N2O4. The second-order valence-corrected chi connectivity index (χ2v) is 4.42. The SMILES string of the molecule is C[C@H](CO)NC(=O)NCCc1ccc2c(c1)OCO2. The summed E-state index contributed by atoms with van der Waals surface area (Å²) in [5.74, 6) is 1.50. The van der Waals surface area contributed by atoms with Gasteiger partial charge in [-0.25, -0.2) is 4.79 Å². The van der Waals surface area contributed by atoms with Gasteiger partial charge in [-0.3, -0.25) is 0 Å². The van der Waals surface area contributed by atoms with Crippen LogP contribution in [0.4, 0.5) is 4.79 Å². The molecule has 1 aliphatic heterocycles. The van der Waals surface area contributed by atoms with Crippen LogP contribution in [0.25, 0.3) is 0 Å². The van der Waals surface area contributed by atoms with Crippen molar-refractivity contribution >= 4 is 6.03 Å². The van der Waals surface area contributed by atoms with Crippen LogP contribution in [0.2, 0.25) is 0 Å².